The highest BCUT2D eigenvalue weighted by Gasteiger charge is 2.34. The Hall–Kier alpha value is -2.03. The average Bonchev–Trinajstić information content (AvgIpc) is 2.24. The quantitative estimate of drug-likeness (QED) is 0.887. The third kappa shape index (κ3) is 3.21. The first kappa shape index (κ1) is 13.0. The highest BCUT2D eigenvalue weighted by molar-refractivity contribution is 5.73. The van der Waals surface area contributed by atoms with Crippen LogP contribution in [0.5, 0.6) is 0 Å². The Labute approximate surface area is 95.1 Å². The van der Waals surface area contributed by atoms with Crippen molar-refractivity contribution in [3.8, 4) is 6.07 Å². The van der Waals surface area contributed by atoms with Crippen molar-refractivity contribution in [2.45, 2.75) is 12.6 Å². The van der Waals surface area contributed by atoms with Crippen molar-refractivity contribution >= 4 is 5.97 Å². The van der Waals surface area contributed by atoms with Crippen LogP contribution in [0, 0.1) is 17.2 Å². The summed E-state index contributed by atoms with van der Waals surface area (Å²) in [5.41, 5.74) is -1.09. The first-order valence-electron chi connectivity index (χ1n) is 4.63. The molecule has 0 bridgehead atoms. The van der Waals surface area contributed by atoms with E-state index >= 15 is 0 Å². The Morgan fingerprint density at radius 2 is 2.00 bits per heavy atom. The molecule has 0 radical (unpaired) electrons. The van der Waals surface area contributed by atoms with Gasteiger partial charge in [-0.25, -0.2) is 0 Å². The number of nitriles is 1. The van der Waals surface area contributed by atoms with Crippen LogP contribution in [0.4, 0.5) is 13.2 Å². The molecule has 1 aromatic carbocycles. The average molecular weight is 243 g/mol. The van der Waals surface area contributed by atoms with E-state index in [2.05, 4.69) is 0 Å². The van der Waals surface area contributed by atoms with Gasteiger partial charge in [0.05, 0.1) is 11.6 Å². The van der Waals surface area contributed by atoms with Gasteiger partial charge in [-0.05, 0) is 18.1 Å². The lowest BCUT2D eigenvalue weighted by Crippen LogP contribution is -2.17. The molecular weight excluding hydrogens is 235 g/mol. The number of halogens is 3. The summed E-state index contributed by atoms with van der Waals surface area (Å²) in [5, 5.41) is 17.2. The van der Waals surface area contributed by atoms with Gasteiger partial charge in [-0.15, -0.1) is 0 Å². The number of carboxylic acids is 1. The summed E-state index contributed by atoms with van der Waals surface area (Å²) in [5.74, 6) is -2.90. The van der Waals surface area contributed by atoms with Crippen LogP contribution in [0.2, 0.25) is 0 Å². The van der Waals surface area contributed by atoms with Gasteiger partial charge in [0, 0.05) is 0 Å². The maximum absolute atomic E-state index is 12.6. The molecule has 1 atom stereocenters. The molecule has 0 amide bonds. The molecule has 0 aliphatic carbocycles. The molecule has 90 valence electrons. The molecule has 6 heteroatoms. The number of aliphatic carboxylic acids is 1. The van der Waals surface area contributed by atoms with E-state index in [1.165, 1.54) is 24.3 Å². The van der Waals surface area contributed by atoms with Crippen LogP contribution < -0.4 is 0 Å². The lowest BCUT2D eigenvalue weighted by Gasteiger charge is -2.13. The summed E-state index contributed by atoms with van der Waals surface area (Å²) in [6.07, 6.45) is -5.00. The molecule has 0 aliphatic heterocycles. The second kappa shape index (κ2) is 4.87. The van der Waals surface area contributed by atoms with Gasteiger partial charge in [0.25, 0.3) is 0 Å². The van der Waals surface area contributed by atoms with Crippen molar-refractivity contribution in [3.05, 3.63) is 35.4 Å². The van der Waals surface area contributed by atoms with Crippen LogP contribution in [-0.4, -0.2) is 11.1 Å². The summed E-state index contributed by atoms with van der Waals surface area (Å²) >= 11 is 0. The minimum atomic E-state index is -4.55. The lowest BCUT2D eigenvalue weighted by atomic mass is 9.96. The van der Waals surface area contributed by atoms with Crippen molar-refractivity contribution in [2.24, 2.45) is 5.92 Å². The Bertz CT molecular complexity index is 463. The van der Waals surface area contributed by atoms with Crippen LogP contribution in [0.25, 0.3) is 0 Å². The summed E-state index contributed by atoms with van der Waals surface area (Å²) < 4.78 is 37.7. The fraction of sp³-hybridized carbons (Fsp3) is 0.273. The Morgan fingerprint density at radius 3 is 2.47 bits per heavy atom. The van der Waals surface area contributed by atoms with Gasteiger partial charge in [0.2, 0.25) is 0 Å². The molecule has 0 heterocycles. The number of hydrogen-bond donors (Lipinski definition) is 1. The lowest BCUT2D eigenvalue weighted by molar-refractivity contribution is -0.141. The molecule has 1 aromatic rings. The van der Waals surface area contributed by atoms with Crippen molar-refractivity contribution < 1.29 is 23.1 Å². The number of rotatable bonds is 3. The molecule has 0 fully saturated rings. The molecule has 0 saturated carbocycles. The first-order valence-corrected chi connectivity index (χ1v) is 4.63. The van der Waals surface area contributed by atoms with E-state index in [1.54, 1.807) is 0 Å². The minimum Gasteiger partial charge on any atom is -0.480 e. The summed E-state index contributed by atoms with van der Waals surface area (Å²) in [4.78, 5) is 10.6. The predicted octanol–water partition coefficient (Wildman–Crippen LogP) is 2.47. The highest BCUT2D eigenvalue weighted by Crippen LogP contribution is 2.32. The Balaban J connectivity index is 3.08. The van der Waals surface area contributed by atoms with E-state index in [4.69, 9.17) is 10.4 Å². The number of carbonyl (C=O) groups is 1. The normalized spacial score (nSPS) is 12.8. The minimum absolute atomic E-state index is 0.186. The van der Waals surface area contributed by atoms with E-state index in [9.17, 15) is 18.0 Å². The molecule has 0 aromatic heterocycles. The van der Waals surface area contributed by atoms with E-state index in [1.807, 2.05) is 0 Å². The van der Waals surface area contributed by atoms with Crippen molar-refractivity contribution in [2.75, 3.05) is 0 Å². The number of alkyl halides is 3. The molecule has 0 spiro atoms. The number of nitrogens with zero attached hydrogens (tertiary/aromatic N) is 1. The molecule has 0 saturated heterocycles. The van der Waals surface area contributed by atoms with E-state index in [0.29, 0.717) is 0 Å². The van der Waals surface area contributed by atoms with Gasteiger partial charge in [0.15, 0.2) is 0 Å². The van der Waals surface area contributed by atoms with Gasteiger partial charge >= 0.3 is 12.1 Å². The fourth-order valence-corrected chi connectivity index (χ4v) is 1.38. The third-order valence-electron chi connectivity index (χ3n) is 2.20. The molecule has 0 aliphatic rings. The van der Waals surface area contributed by atoms with Crippen molar-refractivity contribution in [3.63, 3.8) is 0 Å². The van der Waals surface area contributed by atoms with Crippen molar-refractivity contribution in [1.82, 2.24) is 0 Å². The van der Waals surface area contributed by atoms with Crippen LogP contribution in [0.3, 0.4) is 0 Å². The number of carboxylic acid groups (broad SMARTS) is 1. The SMILES string of the molecule is N#CC(Cc1ccccc1C(F)(F)F)C(=O)O. The maximum atomic E-state index is 12.6. The van der Waals surface area contributed by atoms with Crippen LogP contribution in [-0.2, 0) is 17.4 Å². The molecule has 17 heavy (non-hydrogen) atoms. The topological polar surface area (TPSA) is 61.1 Å². The Morgan fingerprint density at radius 1 is 1.41 bits per heavy atom. The molecule has 1 rings (SSSR count). The monoisotopic (exact) mass is 243 g/mol. The number of hydrogen-bond acceptors (Lipinski definition) is 2. The zero-order valence-electron chi connectivity index (χ0n) is 8.53. The zero-order valence-corrected chi connectivity index (χ0v) is 8.53. The molecule has 1 N–H and O–H groups in total. The summed E-state index contributed by atoms with van der Waals surface area (Å²) in [6, 6.07) is 6.10. The number of benzene rings is 1. The second-order valence-electron chi connectivity index (χ2n) is 3.38. The molecule has 3 nitrogen and oxygen atoms in total. The fourth-order valence-electron chi connectivity index (χ4n) is 1.38. The molecular formula is C11H8F3NO2. The summed E-state index contributed by atoms with van der Waals surface area (Å²) in [6.45, 7) is 0. The van der Waals surface area contributed by atoms with Gasteiger partial charge in [-0.2, -0.15) is 18.4 Å². The van der Waals surface area contributed by atoms with Gasteiger partial charge in [0.1, 0.15) is 5.92 Å². The Kier molecular flexibility index (Phi) is 3.73. The van der Waals surface area contributed by atoms with Crippen LogP contribution in [0.1, 0.15) is 11.1 Å². The van der Waals surface area contributed by atoms with Gasteiger partial charge < -0.3 is 5.11 Å². The smallest absolute Gasteiger partial charge is 0.416 e. The van der Waals surface area contributed by atoms with E-state index < -0.39 is 30.0 Å². The largest absolute Gasteiger partial charge is 0.480 e. The standard InChI is InChI=1S/C11H8F3NO2/c12-11(13,14)9-4-2-1-3-7(9)5-8(6-15)10(16)17/h1-4,8H,5H2,(H,16,17). The highest BCUT2D eigenvalue weighted by atomic mass is 19.4. The predicted molar refractivity (Wildman–Crippen MR) is 51.9 cm³/mol. The second-order valence-corrected chi connectivity index (χ2v) is 3.38. The molecule has 1 unspecified atom stereocenters. The maximum Gasteiger partial charge on any atom is 0.416 e. The first-order chi connectivity index (χ1) is 7.86. The van der Waals surface area contributed by atoms with E-state index in [0.717, 1.165) is 6.07 Å². The van der Waals surface area contributed by atoms with E-state index in [-0.39, 0.29) is 5.56 Å². The third-order valence-corrected chi connectivity index (χ3v) is 2.20. The van der Waals surface area contributed by atoms with Gasteiger partial charge in [-0.3, -0.25) is 4.79 Å². The summed E-state index contributed by atoms with van der Waals surface area (Å²) in [7, 11) is 0. The van der Waals surface area contributed by atoms with Gasteiger partial charge in [-0.1, -0.05) is 18.2 Å². The van der Waals surface area contributed by atoms with Crippen LogP contribution >= 0.6 is 0 Å². The van der Waals surface area contributed by atoms with Crippen LogP contribution in [0.15, 0.2) is 24.3 Å². The zero-order chi connectivity index (χ0) is 13.1. The van der Waals surface area contributed by atoms with Crippen molar-refractivity contribution in [1.29, 1.82) is 5.26 Å².